The fourth-order valence-corrected chi connectivity index (χ4v) is 5.82. The largest absolute Gasteiger partial charge is 0.507 e. The van der Waals surface area contributed by atoms with Crippen molar-refractivity contribution in [1.82, 2.24) is 14.4 Å². The van der Waals surface area contributed by atoms with E-state index in [1.165, 1.54) is 5.56 Å². The molecular formula is C32H26N3O2Pt-. The first-order valence-electron chi connectivity index (χ1n) is 12.5. The Hall–Kier alpha value is -3.69. The van der Waals surface area contributed by atoms with Crippen LogP contribution >= 0.6 is 0 Å². The van der Waals surface area contributed by atoms with Crippen LogP contribution in [0.5, 0.6) is 17.5 Å². The second kappa shape index (κ2) is 8.41. The van der Waals surface area contributed by atoms with Crippen LogP contribution in [0.4, 0.5) is 0 Å². The summed E-state index contributed by atoms with van der Waals surface area (Å²) in [5.74, 6) is 1.17. The SMILES string of the molecule is CC1(C)c2cccc3c4cccc(O)c4c4nc(Oc5cccc(-c6[c-]cccc6)n5)c(n4c23)C1(C)C.[Pt]. The molecule has 6 aromatic rings. The Morgan fingerprint density at radius 2 is 1.58 bits per heavy atom. The van der Waals surface area contributed by atoms with Gasteiger partial charge in [-0.25, -0.2) is 0 Å². The minimum atomic E-state index is -0.341. The molecule has 7 rings (SSSR count). The van der Waals surface area contributed by atoms with Gasteiger partial charge in [0.15, 0.2) is 5.65 Å². The summed E-state index contributed by atoms with van der Waals surface area (Å²) in [5.41, 5.74) is 5.15. The smallest absolute Gasteiger partial charge is 0.243 e. The Morgan fingerprint density at radius 3 is 2.37 bits per heavy atom. The Bertz CT molecular complexity index is 1870. The molecule has 3 aromatic carbocycles. The average Bonchev–Trinajstić information content (AvgIpc) is 3.28. The number of para-hydroxylation sites is 1. The Balaban J connectivity index is 0.00000264. The van der Waals surface area contributed by atoms with Crippen LogP contribution in [-0.4, -0.2) is 19.5 Å². The minimum absolute atomic E-state index is 0. The van der Waals surface area contributed by atoms with Crippen molar-refractivity contribution >= 4 is 27.3 Å². The van der Waals surface area contributed by atoms with Gasteiger partial charge in [-0.05, 0) is 28.8 Å². The summed E-state index contributed by atoms with van der Waals surface area (Å²) in [6.07, 6.45) is 0. The standard InChI is InChI=1S/C32H26N3O2.Pt/c1-31(2)22-15-8-14-21-20-13-9-17-24(36)26(20)29-34-30(28(32(31,3)4)35(29)27(21)22)37-25-18-10-16-23(33-25)19-11-6-5-7-12-19;/h5-11,13-18,36H,1-4H3;/q-1;. The number of benzene rings is 3. The normalized spacial score (nSPS) is 15.2. The third kappa shape index (κ3) is 3.21. The van der Waals surface area contributed by atoms with Crippen molar-refractivity contribution in [3.05, 3.63) is 96.2 Å². The average molecular weight is 680 g/mol. The quantitative estimate of drug-likeness (QED) is 0.155. The van der Waals surface area contributed by atoms with E-state index in [0.29, 0.717) is 17.4 Å². The molecular weight excluding hydrogens is 653 g/mol. The van der Waals surface area contributed by atoms with Crippen molar-refractivity contribution in [1.29, 1.82) is 0 Å². The molecule has 0 amide bonds. The summed E-state index contributed by atoms with van der Waals surface area (Å²) in [6.45, 7) is 9.04. The summed E-state index contributed by atoms with van der Waals surface area (Å²) in [4.78, 5) is 9.82. The molecule has 1 aliphatic heterocycles. The van der Waals surface area contributed by atoms with Crippen LogP contribution in [0.1, 0.15) is 39.0 Å². The molecule has 6 heteroatoms. The molecule has 1 N–H and O–H groups in total. The van der Waals surface area contributed by atoms with Crippen LogP contribution in [0, 0.1) is 6.07 Å². The van der Waals surface area contributed by atoms with E-state index < -0.39 is 0 Å². The van der Waals surface area contributed by atoms with E-state index in [0.717, 1.165) is 38.6 Å². The minimum Gasteiger partial charge on any atom is -0.507 e. The molecule has 38 heavy (non-hydrogen) atoms. The fraction of sp³-hybridized carbons (Fsp3) is 0.188. The Morgan fingerprint density at radius 1 is 0.816 bits per heavy atom. The number of hydrogen-bond donors (Lipinski definition) is 1. The maximum absolute atomic E-state index is 11.0. The predicted octanol–water partition coefficient (Wildman–Crippen LogP) is 7.57. The molecule has 0 bridgehead atoms. The van der Waals surface area contributed by atoms with Gasteiger partial charge in [-0.2, -0.15) is 4.98 Å². The number of aromatic nitrogens is 3. The summed E-state index contributed by atoms with van der Waals surface area (Å²) in [5, 5.41) is 13.8. The number of rotatable bonds is 3. The maximum Gasteiger partial charge on any atom is 0.243 e. The van der Waals surface area contributed by atoms with E-state index >= 15 is 0 Å². The van der Waals surface area contributed by atoms with Gasteiger partial charge in [0.25, 0.3) is 0 Å². The fourth-order valence-electron chi connectivity index (χ4n) is 5.82. The van der Waals surface area contributed by atoms with E-state index in [4.69, 9.17) is 14.7 Å². The number of aromatic hydroxyl groups is 1. The van der Waals surface area contributed by atoms with Gasteiger partial charge in [0.05, 0.1) is 16.6 Å². The third-order valence-corrected chi connectivity index (χ3v) is 8.40. The molecule has 0 radical (unpaired) electrons. The number of hydrogen-bond acceptors (Lipinski definition) is 4. The van der Waals surface area contributed by atoms with Gasteiger partial charge in [-0.15, -0.1) is 35.9 Å². The molecule has 0 spiro atoms. The van der Waals surface area contributed by atoms with E-state index in [1.807, 2.05) is 48.5 Å². The first-order chi connectivity index (χ1) is 17.8. The maximum atomic E-state index is 11.0. The molecule has 0 unspecified atom stereocenters. The van der Waals surface area contributed by atoms with Crippen molar-refractivity contribution in [2.45, 2.75) is 38.5 Å². The van der Waals surface area contributed by atoms with E-state index in [1.54, 1.807) is 6.07 Å². The number of nitrogens with zero attached hydrogens (tertiary/aromatic N) is 3. The van der Waals surface area contributed by atoms with Crippen molar-refractivity contribution in [3.63, 3.8) is 0 Å². The van der Waals surface area contributed by atoms with Gasteiger partial charge in [-0.1, -0.05) is 70.2 Å². The summed E-state index contributed by atoms with van der Waals surface area (Å²) in [7, 11) is 0. The molecule has 5 nitrogen and oxygen atoms in total. The number of imidazole rings is 1. The molecule has 192 valence electrons. The van der Waals surface area contributed by atoms with Crippen LogP contribution in [-0.2, 0) is 31.9 Å². The monoisotopic (exact) mass is 679 g/mol. The Kier molecular flexibility index (Phi) is 5.45. The van der Waals surface area contributed by atoms with Crippen LogP contribution in [0.25, 0.3) is 38.6 Å². The zero-order valence-corrected chi connectivity index (χ0v) is 23.8. The summed E-state index contributed by atoms with van der Waals surface area (Å²) in [6, 6.07) is 28.8. The summed E-state index contributed by atoms with van der Waals surface area (Å²) >= 11 is 0. The van der Waals surface area contributed by atoms with Gasteiger partial charge in [0.2, 0.25) is 11.8 Å². The zero-order chi connectivity index (χ0) is 25.5. The van der Waals surface area contributed by atoms with Crippen molar-refractivity contribution < 1.29 is 30.9 Å². The van der Waals surface area contributed by atoms with E-state index in [9.17, 15) is 5.11 Å². The topological polar surface area (TPSA) is 59.7 Å². The number of phenolic OH excluding ortho intramolecular Hbond substituents is 1. The van der Waals surface area contributed by atoms with Gasteiger partial charge < -0.3 is 9.84 Å². The van der Waals surface area contributed by atoms with Gasteiger partial charge in [0.1, 0.15) is 5.75 Å². The molecule has 0 aliphatic carbocycles. The second-order valence-electron chi connectivity index (χ2n) is 10.8. The van der Waals surface area contributed by atoms with Gasteiger partial charge >= 0.3 is 0 Å². The number of fused-ring (bicyclic) bond motifs is 3. The summed E-state index contributed by atoms with van der Waals surface area (Å²) < 4.78 is 8.70. The molecule has 1 aliphatic rings. The molecule has 4 heterocycles. The van der Waals surface area contributed by atoms with E-state index in [-0.39, 0.29) is 37.6 Å². The molecule has 0 saturated heterocycles. The number of pyridine rings is 2. The molecule has 0 atom stereocenters. The third-order valence-electron chi connectivity index (χ3n) is 8.40. The zero-order valence-electron chi connectivity index (χ0n) is 21.5. The molecule has 3 aromatic heterocycles. The van der Waals surface area contributed by atoms with Crippen molar-refractivity contribution in [2.24, 2.45) is 0 Å². The van der Waals surface area contributed by atoms with Crippen LogP contribution in [0.2, 0.25) is 0 Å². The van der Waals surface area contributed by atoms with Gasteiger partial charge in [0, 0.05) is 37.3 Å². The molecule has 0 saturated carbocycles. The van der Waals surface area contributed by atoms with Crippen LogP contribution < -0.4 is 4.74 Å². The molecule has 0 fully saturated rings. The second-order valence-corrected chi connectivity index (χ2v) is 10.8. The van der Waals surface area contributed by atoms with Gasteiger partial charge in [-0.3, -0.25) is 9.38 Å². The van der Waals surface area contributed by atoms with Crippen LogP contribution in [0.3, 0.4) is 0 Å². The van der Waals surface area contributed by atoms with Crippen LogP contribution in [0.15, 0.2) is 78.9 Å². The first kappa shape index (κ1) is 24.6. The first-order valence-corrected chi connectivity index (χ1v) is 12.5. The van der Waals surface area contributed by atoms with E-state index in [2.05, 4.69) is 62.4 Å². The van der Waals surface area contributed by atoms with Crippen molar-refractivity contribution in [3.8, 4) is 28.8 Å². The van der Waals surface area contributed by atoms with Crippen molar-refractivity contribution in [2.75, 3.05) is 0 Å². The Labute approximate surface area is 235 Å². The number of phenols is 1. The number of ether oxygens (including phenoxy) is 1. The predicted molar refractivity (Wildman–Crippen MR) is 147 cm³/mol.